The normalized spacial score (nSPS) is 10.7. The highest BCUT2D eigenvalue weighted by Crippen LogP contribution is 2.32. The third-order valence-corrected chi connectivity index (χ3v) is 3.59. The number of nitrogens with zero attached hydrogens (tertiary/aromatic N) is 3. The fourth-order valence-electron chi connectivity index (χ4n) is 1.66. The van der Waals surface area contributed by atoms with E-state index in [9.17, 15) is 0 Å². The van der Waals surface area contributed by atoms with Crippen LogP contribution in [0.15, 0.2) is 12.3 Å². The summed E-state index contributed by atoms with van der Waals surface area (Å²) in [6, 6.07) is 2.05. The van der Waals surface area contributed by atoms with Crippen LogP contribution in [-0.4, -0.2) is 21.8 Å². The zero-order valence-electron chi connectivity index (χ0n) is 9.82. The van der Waals surface area contributed by atoms with E-state index in [0.717, 1.165) is 23.8 Å². The monoisotopic (exact) mass is 236 g/mol. The van der Waals surface area contributed by atoms with Gasteiger partial charge in [0.05, 0.1) is 16.3 Å². The highest BCUT2D eigenvalue weighted by Gasteiger charge is 2.12. The molecule has 0 radical (unpaired) electrons. The lowest BCUT2D eigenvalue weighted by Crippen LogP contribution is -2.00. The lowest BCUT2D eigenvalue weighted by Gasteiger charge is -2.03. The number of hydrogen-bond acceptors (Lipinski definition) is 4. The molecule has 2 aromatic heterocycles. The summed E-state index contributed by atoms with van der Waals surface area (Å²) in [5.41, 5.74) is 2.23. The Morgan fingerprint density at radius 3 is 2.94 bits per heavy atom. The van der Waals surface area contributed by atoms with E-state index in [2.05, 4.69) is 28.4 Å². The molecule has 0 aliphatic heterocycles. The van der Waals surface area contributed by atoms with Crippen molar-refractivity contribution in [3.63, 3.8) is 0 Å². The first kappa shape index (κ1) is 11.1. The van der Waals surface area contributed by atoms with E-state index < -0.39 is 0 Å². The van der Waals surface area contributed by atoms with Crippen molar-refractivity contribution in [1.82, 2.24) is 14.8 Å². The number of aryl methyl sites for hydroxylation is 2. The molecule has 0 spiro atoms. The van der Waals surface area contributed by atoms with Crippen LogP contribution in [0, 0.1) is 6.92 Å². The summed E-state index contributed by atoms with van der Waals surface area (Å²) < 4.78 is 2.04. The zero-order valence-corrected chi connectivity index (χ0v) is 10.6. The highest BCUT2D eigenvalue weighted by atomic mass is 32.1. The molecule has 0 atom stereocenters. The lowest BCUT2D eigenvalue weighted by atomic mass is 10.3. The van der Waals surface area contributed by atoms with Crippen LogP contribution in [0.5, 0.6) is 0 Å². The Bertz CT molecular complexity index is 472. The molecule has 0 amide bonds. The van der Waals surface area contributed by atoms with E-state index in [1.807, 2.05) is 24.9 Å². The Labute approximate surface area is 99.3 Å². The second-order valence-electron chi connectivity index (χ2n) is 3.62. The van der Waals surface area contributed by atoms with Crippen LogP contribution in [-0.2, 0) is 6.54 Å². The smallest absolute Gasteiger partial charge is 0.183 e. The summed E-state index contributed by atoms with van der Waals surface area (Å²) in [6.45, 7) is 5.15. The van der Waals surface area contributed by atoms with Crippen LogP contribution >= 0.6 is 11.3 Å². The van der Waals surface area contributed by atoms with Crippen molar-refractivity contribution in [3.05, 3.63) is 18.0 Å². The van der Waals surface area contributed by atoms with E-state index in [0.29, 0.717) is 0 Å². The fraction of sp³-hybridized carbons (Fsp3) is 0.455. The van der Waals surface area contributed by atoms with Gasteiger partial charge in [0.2, 0.25) is 0 Å². The Kier molecular flexibility index (Phi) is 3.24. The van der Waals surface area contributed by atoms with E-state index in [1.165, 1.54) is 10.6 Å². The molecular weight excluding hydrogens is 220 g/mol. The van der Waals surface area contributed by atoms with E-state index in [4.69, 9.17) is 0 Å². The van der Waals surface area contributed by atoms with E-state index in [1.54, 1.807) is 11.3 Å². The van der Waals surface area contributed by atoms with Crippen molar-refractivity contribution in [2.75, 3.05) is 12.4 Å². The predicted molar refractivity (Wildman–Crippen MR) is 67.9 cm³/mol. The Balaban J connectivity index is 2.41. The predicted octanol–water partition coefficient (Wildman–Crippen LogP) is 2.77. The molecule has 0 fully saturated rings. The third kappa shape index (κ3) is 1.95. The number of aromatic nitrogens is 3. The van der Waals surface area contributed by atoms with Gasteiger partial charge in [-0.1, -0.05) is 18.3 Å². The van der Waals surface area contributed by atoms with Crippen LogP contribution in [0.3, 0.4) is 0 Å². The zero-order chi connectivity index (χ0) is 11.5. The second-order valence-corrected chi connectivity index (χ2v) is 4.62. The molecule has 0 bridgehead atoms. The van der Waals surface area contributed by atoms with Crippen LogP contribution in [0.2, 0.25) is 0 Å². The molecule has 0 aromatic carbocycles. The second kappa shape index (κ2) is 4.65. The van der Waals surface area contributed by atoms with Crippen LogP contribution in [0.4, 0.5) is 5.13 Å². The topological polar surface area (TPSA) is 42.7 Å². The minimum absolute atomic E-state index is 0.953. The van der Waals surface area contributed by atoms with Gasteiger partial charge in [-0.05, 0) is 19.4 Å². The maximum atomic E-state index is 4.45. The van der Waals surface area contributed by atoms with Gasteiger partial charge in [0, 0.05) is 19.8 Å². The minimum atomic E-state index is 0.953. The lowest BCUT2D eigenvalue weighted by molar-refractivity contribution is 0.609. The molecule has 2 aromatic rings. The van der Waals surface area contributed by atoms with Gasteiger partial charge in [-0.3, -0.25) is 4.68 Å². The number of thiazole rings is 1. The molecule has 0 saturated carbocycles. The third-order valence-electron chi connectivity index (χ3n) is 2.40. The standard InChI is InChI=1S/C11H16N4S/c1-4-7-15-9(5-6-13-15)10-8(2)14-11(12-3)16-10/h5-6H,4,7H2,1-3H3,(H,12,14). The Morgan fingerprint density at radius 2 is 2.31 bits per heavy atom. The maximum Gasteiger partial charge on any atom is 0.183 e. The average Bonchev–Trinajstić information content (AvgIpc) is 2.85. The van der Waals surface area contributed by atoms with Crippen molar-refractivity contribution in [2.24, 2.45) is 0 Å². The van der Waals surface area contributed by atoms with Crippen molar-refractivity contribution in [1.29, 1.82) is 0 Å². The Morgan fingerprint density at radius 1 is 1.50 bits per heavy atom. The first-order valence-corrected chi connectivity index (χ1v) is 6.25. The molecule has 86 valence electrons. The van der Waals surface area contributed by atoms with Gasteiger partial charge in [0.15, 0.2) is 5.13 Å². The number of rotatable bonds is 4. The van der Waals surface area contributed by atoms with Gasteiger partial charge in [-0.25, -0.2) is 4.98 Å². The first-order chi connectivity index (χ1) is 7.76. The fourth-order valence-corrected chi connectivity index (χ4v) is 2.61. The number of nitrogens with one attached hydrogen (secondary N) is 1. The van der Waals surface area contributed by atoms with Gasteiger partial charge >= 0.3 is 0 Å². The van der Waals surface area contributed by atoms with Crippen LogP contribution in [0.25, 0.3) is 10.6 Å². The summed E-state index contributed by atoms with van der Waals surface area (Å²) in [6.07, 6.45) is 2.94. The van der Waals surface area contributed by atoms with Crippen LogP contribution < -0.4 is 5.32 Å². The minimum Gasteiger partial charge on any atom is -0.365 e. The summed E-state index contributed by atoms with van der Waals surface area (Å²) in [4.78, 5) is 5.66. The van der Waals surface area contributed by atoms with Gasteiger partial charge in [0.25, 0.3) is 0 Å². The van der Waals surface area contributed by atoms with Gasteiger partial charge in [0.1, 0.15) is 0 Å². The van der Waals surface area contributed by atoms with Gasteiger partial charge in [-0.2, -0.15) is 5.10 Å². The molecule has 2 heterocycles. The molecule has 0 aliphatic rings. The molecule has 0 saturated heterocycles. The van der Waals surface area contributed by atoms with Crippen molar-refractivity contribution >= 4 is 16.5 Å². The summed E-state index contributed by atoms with van der Waals surface area (Å²) in [5.74, 6) is 0. The molecule has 5 heteroatoms. The largest absolute Gasteiger partial charge is 0.365 e. The van der Waals surface area contributed by atoms with E-state index in [-0.39, 0.29) is 0 Å². The number of anilines is 1. The average molecular weight is 236 g/mol. The molecule has 0 aliphatic carbocycles. The summed E-state index contributed by atoms with van der Waals surface area (Å²) in [7, 11) is 1.89. The molecule has 2 rings (SSSR count). The van der Waals surface area contributed by atoms with Gasteiger partial charge < -0.3 is 5.32 Å². The molecule has 16 heavy (non-hydrogen) atoms. The SMILES string of the molecule is CCCn1nccc1-c1sc(NC)nc1C. The van der Waals surface area contributed by atoms with Crippen LogP contribution in [0.1, 0.15) is 19.0 Å². The molecule has 4 nitrogen and oxygen atoms in total. The maximum absolute atomic E-state index is 4.45. The van der Waals surface area contributed by atoms with E-state index >= 15 is 0 Å². The van der Waals surface area contributed by atoms with Crippen molar-refractivity contribution in [3.8, 4) is 10.6 Å². The summed E-state index contributed by atoms with van der Waals surface area (Å²) in [5, 5.41) is 8.37. The quantitative estimate of drug-likeness (QED) is 0.887. The Hall–Kier alpha value is -1.36. The summed E-state index contributed by atoms with van der Waals surface area (Å²) >= 11 is 1.67. The van der Waals surface area contributed by atoms with Gasteiger partial charge in [-0.15, -0.1) is 0 Å². The number of hydrogen-bond donors (Lipinski definition) is 1. The first-order valence-electron chi connectivity index (χ1n) is 5.43. The van der Waals surface area contributed by atoms with Crippen molar-refractivity contribution in [2.45, 2.75) is 26.8 Å². The molecule has 1 N–H and O–H groups in total. The van der Waals surface area contributed by atoms with Crippen molar-refractivity contribution < 1.29 is 0 Å². The molecular formula is C11H16N4S. The highest BCUT2D eigenvalue weighted by molar-refractivity contribution is 7.19. The molecule has 0 unspecified atom stereocenters.